The number of nitrogens with zero attached hydrogens (tertiary/aromatic N) is 1. The van der Waals surface area contributed by atoms with Crippen LogP contribution >= 0.6 is 35.0 Å². The van der Waals surface area contributed by atoms with Crippen molar-refractivity contribution in [3.63, 3.8) is 0 Å². The minimum atomic E-state index is 0.0378. The van der Waals surface area contributed by atoms with E-state index in [0.29, 0.717) is 16.5 Å². The van der Waals surface area contributed by atoms with Crippen molar-refractivity contribution in [3.05, 3.63) is 38.9 Å². The van der Waals surface area contributed by atoms with Crippen molar-refractivity contribution in [1.82, 2.24) is 5.32 Å². The van der Waals surface area contributed by atoms with Crippen LogP contribution in [0.15, 0.2) is 38.7 Å². The molecule has 23 heavy (non-hydrogen) atoms. The summed E-state index contributed by atoms with van der Waals surface area (Å²) in [6.07, 6.45) is 1.86. The summed E-state index contributed by atoms with van der Waals surface area (Å²) >= 11 is 14.3. The average molecular weight is 368 g/mol. The minimum Gasteiger partial charge on any atom is -0.369 e. The van der Waals surface area contributed by atoms with Crippen molar-refractivity contribution in [2.45, 2.75) is 11.3 Å². The van der Waals surface area contributed by atoms with Gasteiger partial charge in [-0.2, -0.15) is 0 Å². The van der Waals surface area contributed by atoms with E-state index in [2.05, 4.69) is 21.6 Å². The molecule has 4 rings (SSSR count). The predicted molar refractivity (Wildman–Crippen MR) is 96.6 cm³/mol. The highest BCUT2D eigenvalue weighted by Crippen LogP contribution is 2.49. The maximum Gasteiger partial charge on any atom is 0.162 e. The smallest absolute Gasteiger partial charge is 0.162 e. The third-order valence-electron chi connectivity index (χ3n) is 4.14. The first-order valence-electron chi connectivity index (χ1n) is 7.49. The van der Waals surface area contributed by atoms with Gasteiger partial charge in [0.15, 0.2) is 5.78 Å². The van der Waals surface area contributed by atoms with E-state index in [-0.39, 0.29) is 5.78 Å². The van der Waals surface area contributed by atoms with Crippen LogP contribution in [0.25, 0.3) is 0 Å². The van der Waals surface area contributed by atoms with Crippen molar-refractivity contribution in [1.29, 1.82) is 0 Å². The topological polar surface area (TPSA) is 44.4 Å². The Morgan fingerprint density at radius 1 is 1.17 bits per heavy atom. The molecule has 3 aliphatic rings. The highest BCUT2D eigenvalue weighted by atomic mass is 35.5. The fourth-order valence-corrected chi connectivity index (χ4v) is 4.84. The Morgan fingerprint density at radius 3 is 2.74 bits per heavy atom. The molecule has 7 heteroatoms. The third kappa shape index (κ3) is 2.87. The van der Waals surface area contributed by atoms with Gasteiger partial charge in [-0.05, 0) is 12.1 Å². The van der Waals surface area contributed by atoms with E-state index in [1.807, 2.05) is 6.07 Å². The zero-order chi connectivity index (χ0) is 16.0. The quantitative estimate of drug-likeness (QED) is 0.794. The number of piperazine rings is 1. The highest BCUT2D eigenvalue weighted by Gasteiger charge is 2.28. The summed E-state index contributed by atoms with van der Waals surface area (Å²) in [5.41, 5.74) is 2.80. The number of carbonyl (C=O) groups excluding carboxylic acids is 1. The fourth-order valence-electron chi connectivity index (χ4n) is 2.99. The number of anilines is 2. The van der Waals surface area contributed by atoms with Crippen LogP contribution in [0, 0.1) is 0 Å². The number of hydrogen-bond acceptors (Lipinski definition) is 5. The molecule has 120 valence electrons. The number of ketones is 1. The zero-order valence-electron chi connectivity index (χ0n) is 12.3. The van der Waals surface area contributed by atoms with Crippen LogP contribution in [-0.2, 0) is 4.79 Å². The largest absolute Gasteiger partial charge is 0.369 e. The van der Waals surface area contributed by atoms with Gasteiger partial charge >= 0.3 is 0 Å². The minimum absolute atomic E-state index is 0.0378. The lowest BCUT2D eigenvalue weighted by molar-refractivity contribution is -0.114. The average Bonchev–Trinajstić information content (AvgIpc) is 2.54. The SMILES string of the molecule is O=C1C=C(Cl)C2=C(C1)Sc1cc(N3CCNCC3)cc(Cl)c1N2. The van der Waals surface area contributed by atoms with E-state index in [0.717, 1.165) is 53.1 Å². The number of carbonyl (C=O) groups is 1. The molecule has 0 radical (unpaired) electrons. The molecule has 0 bridgehead atoms. The van der Waals surface area contributed by atoms with Crippen molar-refractivity contribution >= 4 is 52.1 Å². The van der Waals surface area contributed by atoms with Gasteiger partial charge in [0.05, 0.1) is 21.4 Å². The van der Waals surface area contributed by atoms with Gasteiger partial charge in [0.1, 0.15) is 0 Å². The molecular formula is C16H15Cl2N3OS. The number of thioether (sulfide) groups is 1. The van der Waals surface area contributed by atoms with Gasteiger partial charge < -0.3 is 15.5 Å². The third-order valence-corrected chi connectivity index (χ3v) is 5.88. The summed E-state index contributed by atoms with van der Waals surface area (Å²) < 4.78 is 0. The summed E-state index contributed by atoms with van der Waals surface area (Å²) in [6, 6.07) is 4.14. The van der Waals surface area contributed by atoms with Crippen molar-refractivity contribution in [2.75, 3.05) is 36.4 Å². The first-order chi connectivity index (χ1) is 11.1. The summed E-state index contributed by atoms with van der Waals surface area (Å²) in [4.78, 5) is 16.1. The van der Waals surface area contributed by atoms with E-state index in [1.54, 1.807) is 11.8 Å². The summed E-state index contributed by atoms with van der Waals surface area (Å²) in [6.45, 7) is 3.89. The number of allylic oxidation sites excluding steroid dienone is 3. The van der Waals surface area contributed by atoms with E-state index in [4.69, 9.17) is 23.2 Å². The molecule has 1 aromatic rings. The molecule has 1 fully saturated rings. The molecule has 0 spiro atoms. The zero-order valence-corrected chi connectivity index (χ0v) is 14.6. The second-order valence-electron chi connectivity index (χ2n) is 5.70. The maximum absolute atomic E-state index is 11.7. The summed E-state index contributed by atoms with van der Waals surface area (Å²) in [5.74, 6) is 0.0378. The van der Waals surface area contributed by atoms with Crippen LogP contribution in [0.2, 0.25) is 5.02 Å². The Kier molecular flexibility index (Phi) is 4.05. The first kappa shape index (κ1) is 15.4. The number of benzene rings is 1. The Labute approximate surface area is 148 Å². The summed E-state index contributed by atoms with van der Waals surface area (Å²) in [5, 5.41) is 7.79. The molecule has 2 heterocycles. The summed E-state index contributed by atoms with van der Waals surface area (Å²) in [7, 11) is 0. The Bertz CT molecular complexity index is 754. The first-order valence-corrected chi connectivity index (χ1v) is 9.07. The van der Waals surface area contributed by atoms with E-state index < -0.39 is 0 Å². The number of halogens is 2. The monoisotopic (exact) mass is 367 g/mol. The number of rotatable bonds is 1. The molecule has 1 aliphatic carbocycles. The normalized spacial score (nSPS) is 20.7. The number of fused-ring (bicyclic) bond motifs is 1. The molecule has 1 saturated heterocycles. The lowest BCUT2D eigenvalue weighted by atomic mass is 10.1. The van der Waals surface area contributed by atoms with Crippen molar-refractivity contribution < 1.29 is 4.79 Å². The molecule has 0 aromatic heterocycles. The fraction of sp³-hybridized carbons (Fsp3) is 0.312. The second-order valence-corrected chi connectivity index (χ2v) is 7.65. The molecule has 1 aromatic carbocycles. The van der Waals surface area contributed by atoms with Gasteiger partial charge in [0, 0.05) is 54.2 Å². The molecule has 0 saturated carbocycles. The van der Waals surface area contributed by atoms with Crippen LogP contribution in [-0.4, -0.2) is 32.0 Å². The lowest BCUT2D eigenvalue weighted by Crippen LogP contribution is -2.43. The van der Waals surface area contributed by atoms with Crippen LogP contribution in [0.5, 0.6) is 0 Å². The Hall–Kier alpha value is -1.14. The maximum atomic E-state index is 11.7. The van der Waals surface area contributed by atoms with Gasteiger partial charge in [0.2, 0.25) is 0 Å². The molecule has 2 N–H and O–H groups in total. The number of hydrogen-bond donors (Lipinski definition) is 2. The lowest BCUT2D eigenvalue weighted by Gasteiger charge is -2.32. The standard InChI is InChI=1S/C16H15Cl2N3OS/c17-11-5-9(21-3-1-19-2-4-21)6-13-15(11)20-16-12(18)7-10(22)8-14(16)23-13/h5-7,19-20H,1-4,8H2. The van der Waals surface area contributed by atoms with Gasteiger partial charge in [-0.15, -0.1) is 0 Å². The van der Waals surface area contributed by atoms with E-state index in [1.165, 1.54) is 6.08 Å². The molecule has 0 atom stereocenters. The van der Waals surface area contributed by atoms with Crippen molar-refractivity contribution in [3.8, 4) is 0 Å². The van der Waals surface area contributed by atoms with Gasteiger partial charge in [-0.3, -0.25) is 4.79 Å². The predicted octanol–water partition coefficient (Wildman–Crippen LogP) is 3.57. The second kappa shape index (κ2) is 6.06. The highest BCUT2D eigenvalue weighted by molar-refractivity contribution is 8.03. The van der Waals surface area contributed by atoms with Crippen LogP contribution in [0.4, 0.5) is 11.4 Å². The van der Waals surface area contributed by atoms with Crippen LogP contribution in [0.1, 0.15) is 6.42 Å². The van der Waals surface area contributed by atoms with E-state index >= 15 is 0 Å². The Balaban J connectivity index is 1.70. The van der Waals surface area contributed by atoms with E-state index in [9.17, 15) is 4.79 Å². The van der Waals surface area contributed by atoms with Gasteiger partial charge in [0.25, 0.3) is 0 Å². The number of nitrogens with one attached hydrogen (secondary N) is 2. The Morgan fingerprint density at radius 2 is 1.96 bits per heavy atom. The van der Waals surface area contributed by atoms with Crippen molar-refractivity contribution in [2.24, 2.45) is 0 Å². The van der Waals surface area contributed by atoms with Crippen LogP contribution < -0.4 is 15.5 Å². The molecule has 0 amide bonds. The van der Waals surface area contributed by atoms with Gasteiger partial charge in [-0.1, -0.05) is 35.0 Å². The molecule has 2 aliphatic heterocycles. The van der Waals surface area contributed by atoms with Crippen LogP contribution in [0.3, 0.4) is 0 Å². The molecule has 4 nitrogen and oxygen atoms in total. The molecule has 0 unspecified atom stereocenters. The molecular weight excluding hydrogens is 353 g/mol. The van der Waals surface area contributed by atoms with Gasteiger partial charge in [-0.25, -0.2) is 0 Å².